The molecule has 4 aliphatic rings. The molecule has 3 atom stereocenters. The summed E-state index contributed by atoms with van der Waals surface area (Å²) in [6.45, 7) is 1.04. The van der Waals surface area contributed by atoms with E-state index in [2.05, 4.69) is 10.6 Å². The predicted octanol–water partition coefficient (Wildman–Crippen LogP) is 0.623. The minimum absolute atomic E-state index is 0.183. The molecule has 114 valence electrons. The third kappa shape index (κ3) is 1.95. The van der Waals surface area contributed by atoms with Crippen LogP contribution in [0.1, 0.15) is 38.5 Å². The molecule has 0 bridgehead atoms. The highest BCUT2D eigenvalue weighted by atomic mass is 16.2. The predicted molar refractivity (Wildman–Crippen MR) is 74.2 cm³/mol. The van der Waals surface area contributed by atoms with E-state index in [1.165, 1.54) is 25.7 Å². The summed E-state index contributed by atoms with van der Waals surface area (Å²) in [5.41, 5.74) is -0.884. The van der Waals surface area contributed by atoms with Crippen molar-refractivity contribution in [2.24, 2.45) is 17.8 Å². The molecule has 2 saturated carbocycles. The highest BCUT2D eigenvalue weighted by Gasteiger charge is 2.57. The van der Waals surface area contributed by atoms with Crippen LogP contribution >= 0.6 is 0 Å². The second-order valence-corrected chi connectivity index (χ2v) is 6.99. The minimum atomic E-state index is -0.884. The Hall–Kier alpha value is -1.59. The lowest BCUT2D eigenvalue weighted by molar-refractivity contribution is -0.137. The van der Waals surface area contributed by atoms with E-state index in [-0.39, 0.29) is 17.7 Å². The van der Waals surface area contributed by atoms with Crippen molar-refractivity contribution in [3.63, 3.8) is 0 Å². The molecule has 4 fully saturated rings. The molecule has 21 heavy (non-hydrogen) atoms. The second-order valence-electron chi connectivity index (χ2n) is 6.99. The van der Waals surface area contributed by atoms with Crippen molar-refractivity contribution in [3.05, 3.63) is 0 Å². The quantitative estimate of drug-likeness (QED) is 0.695. The molecular weight excluding hydrogens is 270 g/mol. The highest BCUT2D eigenvalue weighted by Crippen LogP contribution is 2.56. The molecule has 4 amide bonds. The Bertz CT molecular complexity index is 508. The van der Waals surface area contributed by atoms with Gasteiger partial charge in [-0.3, -0.25) is 14.9 Å². The van der Waals surface area contributed by atoms with Crippen LogP contribution in [0.15, 0.2) is 0 Å². The molecule has 2 heterocycles. The molecule has 1 spiro atoms. The van der Waals surface area contributed by atoms with Crippen molar-refractivity contribution in [2.75, 3.05) is 13.1 Å². The van der Waals surface area contributed by atoms with Gasteiger partial charge in [-0.25, -0.2) is 4.79 Å². The Morgan fingerprint density at radius 2 is 1.86 bits per heavy atom. The average Bonchev–Trinajstić information content (AvgIpc) is 3.14. The SMILES string of the molecule is O=C1NC(=O)C2(CCCN(C(=O)C3C4CCCCC43)C2)N1. The number of urea groups is 1. The smallest absolute Gasteiger partial charge is 0.322 e. The zero-order valence-electron chi connectivity index (χ0n) is 12.1. The molecule has 3 unspecified atom stereocenters. The van der Waals surface area contributed by atoms with Crippen LogP contribution in [-0.2, 0) is 9.59 Å². The third-order valence-corrected chi connectivity index (χ3v) is 5.76. The Balaban J connectivity index is 1.47. The lowest BCUT2D eigenvalue weighted by Crippen LogP contribution is -2.59. The van der Waals surface area contributed by atoms with Crippen LogP contribution < -0.4 is 10.6 Å². The number of carbonyl (C=O) groups is 3. The summed E-state index contributed by atoms with van der Waals surface area (Å²) >= 11 is 0. The molecular formula is C15H21N3O3. The van der Waals surface area contributed by atoms with Crippen molar-refractivity contribution in [2.45, 2.75) is 44.1 Å². The number of nitrogens with zero attached hydrogens (tertiary/aromatic N) is 1. The van der Waals surface area contributed by atoms with Gasteiger partial charge in [-0.15, -0.1) is 0 Å². The van der Waals surface area contributed by atoms with Crippen LogP contribution in [0.25, 0.3) is 0 Å². The first-order chi connectivity index (χ1) is 10.1. The van der Waals surface area contributed by atoms with Crippen LogP contribution in [0, 0.1) is 17.8 Å². The molecule has 0 aromatic rings. The standard InChI is InChI=1S/C15H21N3O3/c19-12(11-9-4-1-2-5-10(9)11)18-7-3-6-15(8-18)13(20)16-14(21)17-15/h9-11H,1-8H2,(H2,16,17,20,21). The Labute approximate surface area is 123 Å². The summed E-state index contributed by atoms with van der Waals surface area (Å²) in [6, 6.07) is -0.436. The van der Waals surface area contributed by atoms with E-state index in [0.29, 0.717) is 31.3 Å². The molecule has 4 rings (SSSR count). The maximum atomic E-state index is 12.7. The van der Waals surface area contributed by atoms with E-state index < -0.39 is 11.6 Å². The van der Waals surface area contributed by atoms with Crippen molar-refractivity contribution in [1.29, 1.82) is 0 Å². The Morgan fingerprint density at radius 3 is 2.48 bits per heavy atom. The molecule has 6 nitrogen and oxygen atoms in total. The summed E-state index contributed by atoms with van der Waals surface area (Å²) in [5.74, 6) is 1.27. The van der Waals surface area contributed by atoms with Gasteiger partial charge in [-0.1, -0.05) is 12.8 Å². The Kier molecular flexibility index (Phi) is 2.78. The van der Waals surface area contributed by atoms with E-state index in [1.807, 2.05) is 4.90 Å². The van der Waals surface area contributed by atoms with E-state index in [9.17, 15) is 14.4 Å². The summed E-state index contributed by atoms with van der Waals surface area (Å²) in [4.78, 5) is 38.0. The number of hydrogen-bond acceptors (Lipinski definition) is 3. The number of hydrogen-bond donors (Lipinski definition) is 2. The van der Waals surface area contributed by atoms with Crippen LogP contribution in [0.5, 0.6) is 0 Å². The molecule has 2 N–H and O–H groups in total. The largest absolute Gasteiger partial charge is 0.340 e. The molecule has 0 aromatic carbocycles. The number of piperidine rings is 1. The maximum Gasteiger partial charge on any atom is 0.322 e. The van der Waals surface area contributed by atoms with Gasteiger partial charge in [0.05, 0.1) is 6.54 Å². The molecule has 6 heteroatoms. The highest BCUT2D eigenvalue weighted by molar-refractivity contribution is 6.07. The average molecular weight is 291 g/mol. The number of nitrogens with one attached hydrogen (secondary N) is 2. The fourth-order valence-corrected chi connectivity index (χ4v) is 4.63. The fraction of sp³-hybridized carbons (Fsp3) is 0.800. The van der Waals surface area contributed by atoms with Gasteiger partial charge in [0.1, 0.15) is 5.54 Å². The fourth-order valence-electron chi connectivity index (χ4n) is 4.63. The van der Waals surface area contributed by atoms with Crippen molar-refractivity contribution in [1.82, 2.24) is 15.5 Å². The zero-order valence-corrected chi connectivity index (χ0v) is 12.1. The lowest BCUT2D eigenvalue weighted by Gasteiger charge is -2.38. The third-order valence-electron chi connectivity index (χ3n) is 5.76. The lowest BCUT2D eigenvalue weighted by atomic mass is 9.89. The van der Waals surface area contributed by atoms with Crippen LogP contribution in [0.3, 0.4) is 0 Å². The summed E-state index contributed by atoms with van der Waals surface area (Å²) in [5, 5.41) is 5.04. The number of amides is 4. The van der Waals surface area contributed by atoms with E-state index in [4.69, 9.17) is 0 Å². The van der Waals surface area contributed by atoms with Crippen LogP contribution in [-0.4, -0.2) is 41.4 Å². The first kappa shape index (κ1) is 13.1. The molecule has 2 aliphatic carbocycles. The number of imide groups is 1. The van der Waals surface area contributed by atoms with E-state index in [1.54, 1.807) is 0 Å². The van der Waals surface area contributed by atoms with Gasteiger partial charge >= 0.3 is 6.03 Å². The molecule has 2 aliphatic heterocycles. The number of carbonyl (C=O) groups excluding carboxylic acids is 3. The van der Waals surface area contributed by atoms with Crippen molar-refractivity contribution >= 4 is 17.8 Å². The van der Waals surface area contributed by atoms with Gasteiger partial charge in [0.2, 0.25) is 5.91 Å². The topological polar surface area (TPSA) is 78.5 Å². The number of rotatable bonds is 1. The summed E-state index contributed by atoms with van der Waals surface area (Å²) in [7, 11) is 0. The van der Waals surface area contributed by atoms with E-state index >= 15 is 0 Å². The van der Waals surface area contributed by atoms with Crippen molar-refractivity contribution in [3.8, 4) is 0 Å². The van der Waals surface area contributed by atoms with E-state index in [0.717, 1.165) is 6.42 Å². The van der Waals surface area contributed by atoms with Crippen LogP contribution in [0.2, 0.25) is 0 Å². The maximum absolute atomic E-state index is 12.7. The van der Waals surface area contributed by atoms with Gasteiger partial charge in [0, 0.05) is 12.5 Å². The number of likely N-dealkylation sites (tertiary alicyclic amines) is 1. The van der Waals surface area contributed by atoms with Gasteiger partial charge in [0.25, 0.3) is 5.91 Å². The van der Waals surface area contributed by atoms with Gasteiger partial charge in [-0.05, 0) is 37.5 Å². The first-order valence-electron chi connectivity index (χ1n) is 8.03. The Morgan fingerprint density at radius 1 is 1.14 bits per heavy atom. The minimum Gasteiger partial charge on any atom is -0.340 e. The van der Waals surface area contributed by atoms with Gasteiger partial charge < -0.3 is 10.2 Å². The molecule has 0 aromatic heterocycles. The van der Waals surface area contributed by atoms with Gasteiger partial charge in [-0.2, -0.15) is 0 Å². The zero-order chi connectivity index (χ0) is 14.6. The second kappa shape index (κ2) is 4.45. The summed E-state index contributed by atoms with van der Waals surface area (Å²) in [6.07, 6.45) is 6.22. The normalized spacial score (nSPS) is 41.5. The monoisotopic (exact) mass is 291 g/mol. The van der Waals surface area contributed by atoms with Gasteiger partial charge in [0.15, 0.2) is 0 Å². The molecule has 0 radical (unpaired) electrons. The number of fused-ring (bicyclic) bond motifs is 1. The van der Waals surface area contributed by atoms with Crippen LogP contribution in [0.4, 0.5) is 4.79 Å². The molecule has 2 saturated heterocycles. The summed E-state index contributed by atoms with van der Waals surface area (Å²) < 4.78 is 0. The first-order valence-corrected chi connectivity index (χ1v) is 8.03. The van der Waals surface area contributed by atoms with Crippen molar-refractivity contribution < 1.29 is 14.4 Å².